The van der Waals surface area contributed by atoms with E-state index in [4.69, 9.17) is 14.2 Å². The van der Waals surface area contributed by atoms with E-state index in [1.165, 1.54) is 36.3 Å². The van der Waals surface area contributed by atoms with Crippen LogP contribution in [0.15, 0.2) is 72.8 Å². The van der Waals surface area contributed by atoms with Gasteiger partial charge < -0.3 is 29.7 Å². The Morgan fingerprint density at radius 2 is 1.68 bits per heavy atom. The maximum atomic E-state index is 13.2. The number of carbonyl (C=O) groups is 3. The van der Waals surface area contributed by atoms with E-state index in [9.17, 15) is 27.6 Å². The molecule has 1 atom stereocenters. The van der Waals surface area contributed by atoms with Gasteiger partial charge in [-0.05, 0) is 54.8 Å². The van der Waals surface area contributed by atoms with Crippen LogP contribution in [0.25, 0.3) is 0 Å². The molecule has 0 aromatic heterocycles. The second-order valence-electron chi connectivity index (χ2n) is 9.14. The number of alkyl halides is 3. The normalized spacial score (nSPS) is 14.7. The van der Waals surface area contributed by atoms with Crippen molar-refractivity contribution < 1.29 is 41.8 Å². The van der Waals surface area contributed by atoms with Crippen molar-refractivity contribution >= 4 is 23.6 Å². The molecule has 1 aliphatic heterocycles. The molecule has 41 heavy (non-hydrogen) atoms. The maximum absolute atomic E-state index is 13.2. The summed E-state index contributed by atoms with van der Waals surface area (Å²) in [4.78, 5) is 39.4. The highest BCUT2D eigenvalue weighted by Gasteiger charge is 2.34. The number of nitrogens with one attached hydrogen (secondary N) is 2. The van der Waals surface area contributed by atoms with Gasteiger partial charge in [0.05, 0.1) is 18.4 Å². The fraction of sp³-hybridized carbons (Fsp3) is 0.276. The van der Waals surface area contributed by atoms with Crippen molar-refractivity contribution in [3.8, 4) is 17.2 Å². The van der Waals surface area contributed by atoms with Crippen LogP contribution < -0.4 is 20.1 Å². The van der Waals surface area contributed by atoms with Gasteiger partial charge in [-0.3, -0.25) is 9.59 Å². The Morgan fingerprint density at radius 3 is 2.37 bits per heavy atom. The monoisotopic (exact) mass is 571 g/mol. The lowest BCUT2D eigenvalue weighted by molar-refractivity contribution is -0.137. The zero-order chi connectivity index (χ0) is 29.4. The predicted octanol–water partition coefficient (Wildman–Crippen LogP) is 5.36. The molecule has 0 bridgehead atoms. The number of ether oxygens (including phenoxy) is 3. The quantitative estimate of drug-likeness (QED) is 0.358. The summed E-state index contributed by atoms with van der Waals surface area (Å²) in [5.74, 6) is -0.170. The summed E-state index contributed by atoms with van der Waals surface area (Å²) in [6.07, 6.45) is -4.21. The highest BCUT2D eigenvalue weighted by Crippen LogP contribution is 2.34. The first-order valence-electron chi connectivity index (χ1n) is 12.7. The number of amides is 3. The molecule has 1 aliphatic rings. The van der Waals surface area contributed by atoms with Crippen molar-refractivity contribution in [1.82, 2.24) is 10.2 Å². The van der Waals surface area contributed by atoms with Crippen molar-refractivity contribution in [2.45, 2.75) is 31.7 Å². The van der Waals surface area contributed by atoms with Crippen LogP contribution in [-0.4, -0.2) is 49.0 Å². The number of halogens is 3. The van der Waals surface area contributed by atoms with E-state index in [-0.39, 0.29) is 30.3 Å². The van der Waals surface area contributed by atoms with Gasteiger partial charge in [0.2, 0.25) is 11.8 Å². The van der Waals surface area contributed by atoms with Crippen LogP contribution in [0, 0.1) is 0 Å². The third-order valence-corrected chi connectivity index (χ3v) is 6.32. The van der Waals surface area contributed by atoms with Crippen molar-refractivity contribution in [3.63, 3.8) is 0 Å². The molecular weight excluding hydrogens is 543 g/mol. The Kier molecular flexibility index (Phi) is 9.33. The zero-order valence-corrected chi connectivity index (χ0v) is 22.1. The van der Waals surface area contributed by atoms with E-state index in [1.54, 1.807) is 18.2 Å². The Morgan fingerprint density at radius 1 is 0.976 bits per heavy atom. The molecule has 3 aromatic rings. The topological polar surface area (TPSA) is 106 Å². The number of rotatable bonds is 9. The van der Waals surface area contributed by atoms with E-state index in [0.717, 1.165) is 17.7 Å². The van der Waals surface area contributed by atoms with Gasteiger partial charge in [-0.1, -0.05) is 30.3 Å². The van der Waals surface area contributed by atoms with Gasteiger partial charge >= 0.3 is 12.3 Å². The standard InChI is InChI=1S/C29H28F3N3O6/c1-39-25-14-13-22(41-21-11-9-20(10-12-21)29(30,31)32)16-23(25)34-27(37)24-8-5-15-35(24)26(36)17-33-28(38)40-18-19-6-3-2-4-7-19/h2-4,6-7,9-14,16,24H,5,8,15,17-18H2,1H3,(H,33,38)(H,34,37). The van der Waals surface area contributed by atoms with Crippen LogP contribution in [0.4, 0.5) is 23.7 Å². The van der Waals surface area contributed by atoms with Gasteiger partial charge in [0, 0.05) is 12.6 Å². The summed E-state index contributed by atoms with van der Waals surface area (Å²) >= 11 is 0. The molecule has 2 N–H and O–H groups in total. The number of nitrogens with zero attached hydrogens (tertiary/aromatic N) is 1. The lowest BCUT2D eigenvalue weighted by Crippen LogP contribution is -2.47. The Hall–Kier alpha value is -4.74. The van der Waals surface area contributed by atoms with E-state index in [0.29, 0.717) is 25.1 Å². The summed E-state index contributed by atoms with van der Waals surface area (Å²) in [7, 11) is 1.41. The second kappa shape index (κ2) is 13.1. The zero-order valence-electron chi connectivity index (χ0n) is 22.1. The molecule has 3 amide bonds. The lowest BCUT2D eigenvalue weighted by Gasteiger charge is -2.24. The minimum absolute atomic E-state index is 0.0547. The van der Waals surface area contributed by atoms with Crippen molar-refractivity contribution in [2.24, 2.45) is 0 Å². The highest BCUT2D eigenvalue weighted by atomic mass is 19.4. The Balaban J connectivity index is 1.35. The maximum Gasteiger partial charge on any atom is 0.416 e. The average molecular weight is 572 g/mol. The number of likely N-dealkylation sites (tertiary alicyclic amines) is 1. The molecule has 12 heteroatoms. The molecule has 216 valence electrons. The molecule has 1 fully saturated rings. The van der Waals surface area contributed by atoms with Crippen LogP contribution in [0.5, 0.6) is 17.2 Å². The molecule has 1 saturated heterocycles. The average Bonchev–Trinajstić information content (AvgIpc) is 3.46. The number of hydrogen-bond acceptors (Lipinski definition) is 6. The largest absolute Gasteiger partial charge is 0.495 e. The van der Waals surface area contributed by atoms with Crippen LogP contribution in [0.2, 0.25) is 0 Å². The molecule has 0 aliphatic carbocycles. The predicted molar refractivity (Wildman–Crippen MR) is 143 cm³/mol. The minimum atomic E-state index is -4.46. The molecule has 3 aromatic carbocycles. The number of carbonyl (C=O) groups excluding carboxylic acids is 3. The molecule has 0 saturated carbocycles. The molecular formula is C29H28F3N3O6. The number of benzene rings is 3. The van der Waals surface area contributed by atoms with Crippen molar-refractivity contribution in [3.05, 3.63) is 83.9 Å². The van der Waals surface area contributed by atoms with Crippen molar-refractivity contribution in [1.29, 1.82) is 0 Å². The van der Waals surface area contributed by atoms with Crippen molar-refractivity contribution in [2.75, 3.05) is 25.5 Å². The van der Waals surface area contributed by atoms with Crippen LogP contribution in [0.3, 0.4) is 0 Å². The second-order valence-corrected chi connectivity index (χ2v) is 9.14. The highest BCUT2D eigenvalue weighted by molar-refractivity contribution is 5.99. The smallest absolute Gasteiger partial charge is 0.416 e. The molecule has 1 unspecified atom stereocenters. The molecule has 0 radical (unpaired) electrons. The number of anilines is 1. The van der Waals surface area contributed by atoms with Gasteiger partial charge in [-0.25, -0.2) is 4.79 Å². The SMILES string of the molecule is COc1ccc(Oc2ccc(C(F)(F)F)cc2)cc1NC(=O)C1CCCN1C(=O)CNC(=O)OCc1ccccc1. The van der Waals surface area contributed by atoms with Crippen LogP contribution >= 0.6 is 0 Å². The van der Waals surface area contributed by atoms with Gasteiger partial charge in [0.15, 0.2) is 0 Å². The number of methoxy groups -OCH3 is 1. The summed E-state index contributed by atoms with van der Waals surface area (Å²) in [5, 5.41) is 5.16. The Labute approximate surface area is 234 Å². The van der Waals surface area contributed by atoms with E-state index >= 15 is 0 Å². The summed E-state index contributed by atoms with van der Waals surface area (Å²) in [5.41, 5.74) is 0.251. The van der Waals surface area contributed by atoms with Gasteiger partial charge in [0.25, 0.3) is 0 Å². The van der Waals surface area contributed by atoms with Crippen LogP contribution in [-0.2, 0) is 27.1 Å². The fourth-order valence-electron chi connectivity index (χ4n) is 4.27. The number of alkyl carbamates (subject to hydrolysis) is 1. The molecule has 4 rings (SSSR count). The first kappa shape index (κ1) is 29.2. The Bertz CT molecular complexity index is 1370. The molecule has 1 heterocycles. The third kappa shape index (κ3) is 7.90. The molecule has 9 nitrogen and oxygen atoms in total. The first-order valence-corrected chi connectivity index (χ1v) is 12.7. The number of hydrogen-bond donors (Lipinski definition) is 2. The van der Waals surface area contributed by atoms with Gasteiger partial charge in [-0.2, -0.15) is 13.2 Å². The van der Waals surface area contributed by atoms with E-state index < -0.39 is 35.7 Å². The van der Waals surface area contributed by atoms with E-state index in [1.807, 2.05) is 18.2 Å². The van der Waals surface area contributed by atoms with Gasteiger partial charge in [-0.15, -0.1) is 0 Å². The lowest BCUT2D eigenvalue weighted by atomic mass is 10.2. The summed E-state index contributed by atoms with van der Waals surface area (Å²) < 4.78 is 54.6. The van der Waals surface area contributed by atoms with E-state index in [2.05, 4.69) is 10.6 Å². The summed E-state index contributed by atoms with van der Waals surface area (Å²) in [6.45, 7) is 0.0577. The fourth-order valence-corrected chi connectivity index (χ4v) is 4.27. The summed E-state index contributed by atoms with van der Waals surface area (Å²) in [6, 6.07) is 17.1. The molecule has 0 spiro atoms. The minimum Gasteiger partial charge on any atom is -0.495 e. The third-order valence-electron chi connectivity index (χ3n) is 6.32. The van der Waals surface area contributed by atoms with Gasteiger partial charge in [0.1, 0.15) is 36.4 Å². The van der Waals surface area contributed by atoms with Crippen LogP contribution in [0.1, 0.15) is 24.0 Å². The first-order chi connectivity index (χ1) is 19.6.